The van der Waals surface area contributed by atoms with Crippen molar-refractivity contribution < 1.29 is 33.5 Å². The Morgan fingerprint density at radius 2 is 1.76 bits per heavy atom. The molecule has 0 N–H and O–H groups in total. The normalized spacial score (nSPS) is 15.2. The van der Waals surface area contributed by atoms with E-state index in [1.54, 1.807) is 0 Å². The first-order valence-electron chi connectivity index (χ1n) is 10.3. The summed E-state index contributed by atoms with van der Waals surface area (Å²) in [7, 11) is 2.35. The number of carbonyl (C=O) groups excluding carboxylic acids is 2. The predicted octanol–water partition coefficient (Wildman–Crippen LogP) is 3.27. The van der Waals surface area contributed by atoms with Crippen molar-refractivity contribution in [1.82, 2.24) is 0 Å². The molecule has 1 aliphatic carbocycles. The number of nitro groups is 1. The van der Waals surface area contributed by atoms with Gasteiger partial charge in [0, 0.05) is 12.1 Å². The number of fused-ring (bicyclic) bond motifs is 1. The van der Waals surface area contributed by atoms with Crippen molar-refractivity contribution in [1.29, 1.82) is 0 Å². The number of hydrogen-bond donors (Lipinski definition) is 0. The molecule has 2 aromatic carbocycles. The Labute approximate surface area is 189 Å². The van der Waals surface area contributed by atoms with Crippen molar-refractivity contribution in [3.8, 4) is 11.5 Å². The maximum absolute atomic E-state index is 12.5. The van der Waals surface area contributed by atoms with Gasteiger partial charge in [-0.25, -0.2) is 9.59 Å². The van der Waals surface area contributed by atoms with Crippen LogP contribution in [0.1, 0.15) is 17.5 Å². The van der Waals surface area contributed by atoms with E-state index in [1.165, 1.54) is 48.4 Å². The van der Waals surface area contributed by atoms with Crippen LogP contribution in [0.15, 0.2) is 47.7 Å². The largest absolute Gasteiger partial charge is 0.466 e. The number of methoxy groups -OCH3 is 2. The number of nitro benzene ring substituents is 1. The van der Waals surface area contributed by atoms with E-state index in [1.807, 2.05) is 18.2 Å². The lowest BCUT2D eigenvalue weighted by Gasteiger charge is -2.31. The number of aryl methyl sites for hydroxylation is 2. The van der Waals surface area contributed by atoms with E-state index in [4.69, 9.17) is 18.9 Å². The first kappa shape index (κ1) is 22.3. The highest BCUT2D eigenvalue weighted by atomic mass is 16.6. The van der Waals surface area contributed by atoms with Crippen LogP contribution >= 0.6 is 0 Å². The van der Waals surface area contributed by atoms with E-state index >= 15 is 0 Å². The first-order chi connectivity index (χ1) is 15.9. The van der Waals surface area contributed by atoms with Crippen molar-refractivity contribution in [3.05, 3.63) is 68.9 Å². The number of non-ortho nitro benzene ring substituents is 1. The fraction of sp³-hybridized carbons (Fsp3) is 0.304. The van der Waals surface area contributed by atoms with Crippen LogP contribution in [-0.2, 0) is 36.6 Å². The lowest BCUT2D eigenvalue weighted by molar-refractivity contribution is -0.384. The zero-order chi connectivity index (χ0) is 23.5. The van der Waals surface area contributed by atoms with Gasteiger partial charge < -0.3 is 23.8 Å². The van der Waals surface area contributed by atoms with Crippen molar-refractivity contribution in [2.75, 3.05) is 32.5 Å². The topological polar surface area (TPSA) is 117 Å². The van der Waals surface area contributed by atoms with Crippen LogP contribution in [-0.4, -0.2) is 44.4 Å². The van der Waals surface area contributed by atoms with Gasteiger partial charge in [-0.2, -0.15) is 0 Å². The monoisotopic (exact) mass is 454 g/mol. The smallest absolute Gasteiger partial charge is 0.355 e. The number of anilines is 1. The molecule has 0 saturated heterocycles. The third-order valence-electron chi connectivity index (χ3n) is 5.54. The number of nitrogens with zero attached hydrogens (tertiary/aromatic N) is 2. The van der Waals surface area contributed by atoms with Gasteiger partial charge in [0.25, 0.3) is 5.69 Å². The first-order valence-corrected chi connectivity index (χ1v) is 10.3. The Bertz CT molecular complexity index is 1160. The quantitative estimate of drug-likeness (QED) is 0.368. The third-order valence-corrected chi connectivity index (χ3v) is 5.54. The number of esters is 2. The minimum absolute atomic E-state index is 0.0526. The summed E-state index contributed by atoms with van der Waals surface area (Å²) in [5.41, 5.74) is 2.28. The molecule has 33 heavy (non-hydrogen) atoms. The van der Waals surface area contributed by atoms with Crippen LogP contribution in [0, 0.1) is 10.1 Å². The van der Waals surface area contributed by atoms with Crippen LogP contribution in [0.25, 0.3) is 0 Å². The zero-order valence-electron chi connectivity index (χ0n) is 18.2. The molecule has 10 heteroatoms. The Kier molecular flexibility index (Phi) is 6.27. The van der Waals surface area contributed by atoms with Gasteiger partial charge in [-0.05, 0) is 42.5 Å². The fourth-order valence-electron chi connectivity index (χ4n) is 3.98. The zero-order valence-corrected chi connectivity index (χ0v) is 18.2. The van der Waals surface area contributed by atoms with Crippen LogP contribution in [0.5, 0.6) is 11.5 Å². The van der Waals surface area contributed by atoms with Gasteiger partial charge in [-0.3, -0.25) is 10.1 Å². The van der Waals surface area contributed by atoms with Crippen molar-refractivity contribution in [2.24, 2.45) is 0 Å². The molecule has 0 fully saturated rings. The summed E-state index contributed by atoms with van der Waals surface area (Å²) in [5, 5.41) is 11.6. The van der Waals surface area contributed by atoms with Crippen molar-refractivity contribution in [3.63, 3.8) is 0 Å². The standard InChI is InChI=1S/C23H22N2O8/c1-30-22(26)20-12-32-13-24(21(20)23(27)31-2)16-9-17(25(28)29)11-19(10-16)33-18-7-6-14-4-3-5-15(14)8-18/h6-11H,3-5,12-13H2,1-2H3. The van der Waals surface area contributed by atoms with Gasteiger partial charge in [-0.15, -0.1) is 0 Å². The number of carbonyl (C=O) groups is 2. The van der Waals surface area contributed by atoms with E-state index in [2.05, 4.69) is 0 Å². The number of benzene rings is 2. The minimum Gasteiger partial charge on any atom is -0.466 e. The maximum atomic E-state index is 12.5. The molecule has 2 aliphatic rings. The minimum atomic E-state index is -0.800. The van der Waals surface area contributed by atoms with Gasteiger partial charge in [0.15, 0.2) is 0 Å². The molecule has 0 amide bonds. The average Bonchev–Trinajstić information content (AvgIpc) is 3.30. The average molecular weight is 454 g/mol. The predicted molar refractivity (Wildman–Crippen MR) is 116 cm³/mol. The summed E-state index contributed by atoms with van der Waals surface area (Å²) < 4.78 is 21.0. The SMILES string of the molecule is COC(=O)C1=C(C(=O)OC)N(c2cc(Oc3ccc4c(c3)CCC4)cc([N+](=O)[O-])c2)COC1. The van der Waals surface area contributed by atoms with Gasteiger partial charge >= 0.3 is 11.9 Å². The highest BCUT2D eigenvalue weighted by Gasteiger charge is 2.33. The Hall–Kier alpha value is -3.92. The summed E-state index contributed by atoms with van der Waals surface area (Å²) >= 11 is 0. The molecule has 2 aromatic rings. The second kappa shape index (κ2) is 9.29. The molecular weight excluding hydrogens is 432 g/mol. The highest BCUT2D eigenvalue weighted by molar-refractivity contribution is 6.03. The molecule has 172 valence electrons. The summed E-state index contributed by atoms with van der Waals surface area (Å²) in [4.78, 5) is 37.1. The molecule has 0 radical (unpaired) electrons. The Balaban J connectivity index is 1.76. The second-order valence-corrected chi connectivity index (χ2v) is 7.54. The van der Waals surface area contributed by atoms with Crippen molar-refractivity contribution in [2.45, 2.75) is 19.3 Å². The molecular formula is C23H22N2O8. The summed E-state index contributed by atoms with van der Waals surface area (Å²) in [6.45, 7) is -0.300. The number of ether oxygens (including phenoxy) is 4. The summed E-state index contributed by atoms with van der Waals surface area (Å²) in [6.07, 6.45) is 3.07. The highest BCUT2D eigenvalue weighted by Crippen LogP contribution is 2.36. The third kappa shape index (κ3) is 4.51. The lowest BCUT2D eigenvalue weighted by Crippen LogP contribution is -2.38. The fourth-order valence-corrected chi connectivity index (χ4v) is 3.98. The van der Waals surface area contributed by atoms with E-state index in [-0.39, 0.29) is 41.7 Å². The number of rotatable bonds is 6. The van der Waals surface area contributed by atoms with Crippen LogP contribution in [0.3, 0.4) is 0 Å². The molecule has 1 aliphatic heterocycles. The molecule has 0 aromatic heterocycles. The molecule has 0 atom stereocenters. The molecule has 0 spiro atoms. The van der Waals surface area contributed by atoms with Crippen LogP contribution < -0.4 is 9.64 Å². The van der Waals surface area contributed by atoms with E-state index in [0.717, 1.165) is 19.3 Å². The lowest BCUT2D eigenvalue weighted by atomic mass is 10.1. The van der Waals surface area contributed by atoms with E-state index < -0.39 is 16.9 Å². The van der Waals surface area contributed by atoms with Crippen molar-refractivity contribution >= 4 is 23.3 Å². The molecule has 1 heterocycles. The Morgan fingerprint density at radius 3 is 2.48 bits per heavy atom. The van der Waals surface area contributed by atoms with Gasteiger partial charge in [0.05, 0.1) is 43.1 Å². The Morgan fingerprint density at radius 1 is 1.00 bits per heavy atom. The summed E-state index contributed by atoms with van der Waals surface area (Å²) in [6, 6.07) is 9.84. The molecule has 4 rings (SSSR count). The molecule has 0 saturated carbocycles. The van der Waals surface area contributed by atoms with Gasteiger partial charge in [0.1, 0.15) is 23.9 Å². The number of hydrogen-bond acceptors (Lipinski definition) is 9. The van der Waals surface area contributed by atoms with Crippen LogP contribution in [0.4, 0.5) is 11.4 Å². The van der Waals surface area contributed by atoms with Crippen LogP contribution in [0.2, 0.25) is 0 Å². The van der Waals surface area contributed by atoms with E-state index in [0.29, 0.717) is 5.75 Å². The van der Waals surface area contributed by atoms with Gasteiger partial charge in [0.2, 0.25) is 0 Å². The molecule has 0 unspecified atom stereocenters. The molecule has 10 nitrogen and oxygen atoms in total. The van der Waals surface area contributed by atoms with E-state index in [9.17, 15) is 19.7 Å². The molecule has 0 bridgehead atoms. The second-order valence-electron chi connectivity index (χ2n) is 7.54. The maximum Gasteiger partial charge on any atom is 0.355 e. The van der Waals surface area contributed by atoms with Gasteiger partial charge in [-0.1, -0.05) is 6.07 Å². The summed E-state index contributed by atoms with van der Waals surface area (Å²) in [5.74, 6) is -0.811.